The number of pyridine rings is 6. The molecule has 6 aromatic carbocycles. The third kappa shape index (κ3) is 27.6. The Kier molecular flexibility index (Phi) is 36.9. The Morgan fingerprint density at radius 1 is 0.159 bits per heavy atom. The monoisotopic (exact) mass is 1770 g/mol. The van der Waals surface area contributed by atoms with Crippen LogP contribution in [0, 0.1) is 0 Å². The molecule has 684 valence electrons. The molecule has 0 aliphatic heterocycles. The zero-order valence-electron chi connectivity index (χ0n) is 78.3. The lowest BCUT2D eigenvalue weighted by molar-refractivity contribution is 0.485. The van der Waals surface area contributed by atoms with E-state index in [1.165, 1.54) is 38.5 Å². The lowest BCUT2D eigenvalue weighted by Gasteiger charge is -2.07. The molecule has 0 aliphatic carbocycles. The normalized spacial score (nSPS) is 11.3. The summed E-state index contributed by atoms with van der Waals surface area (Å²) < 4.78 is 0. The number of aryl methyl sites for hydroxylation is 6. The van der Waals surface area contributed by atoms with Gasteiger partial charge in [-0.3, -0.25) is 59.8 Å². The van der Waals surface area contributed by atoms with Crippen molar-refractivity contribution in [3.8, 4) is 34.5 Å². The quantitative estimate of drug-likeness (QED) is 0.0199. The van der Waals surface area contributed by atoms with E-state index in [-0.39, 0.29) is 34.5 Å². The summed E-state index contributed by atoms with van der Waals surface area (Å²) in [7, 11) is 0. The number of phenolic OH excluding ortho intramolecular Hbond substituents is 6. The number of hydrogen-bond acceptors (Lipinski definition) is 18. The van der Waals surface area contributed by atoms with Crippen molar-refractivity contribution in [2.75, 3.05) is 0 Å². The van der Waals surface area contributed by atoms with Gasteiger partial charge < -0.3 is 30.6 Å². The summed E-state index contributed by atoms with van der Waals surface area (Å²) in [4.78, 5) is 58.7. The van der Waals surface area contributed by atoms with E-state index in [1.807, 2.05) is 146 Å². The van der Waals surface area contributed by atoms with Gasteiger partial charge in [0, 0.05) is 102 Å². The van der Waals surface area contributed by atoms with Crippen LogP contribution in [-0.4, -0.2) is 90.4 Å². The molecule has 0 unspecified atom stereocenters. The lowest BCUT2D eigenvalue weighted by atomic mass is 10.0. The molecule has 22 rings (SSSR count). The first kappa shape index (κ1) is 96.6. The third-order valence-electron chi connectivity index (χ3n) is 24.9. The Morgan fingerprint density at radius 2 is 0.303 bits per heavy atom. The van der Waals surface area contributed by atoms with Crippen LogP contribution >= 0.6 is 0 Å². The molecule has 22 aromatic rings. The number of nitrogens with zero attached hydrogens (tertiary/aromatic N) is 12. The van der Waals surface area contributed by atoms with Gasteiger partial charge in [0.2, 0.25) is 0 Å². The zero-order valence-corrected chi connectivity index (χ0v) is 78.3. The fourth-order valence-electron chi connectivity index (χ4n) is 17.1. The highest BCUT2D eigenvalue weighted by atomic mass is 16.3. The van der Waals surface area contributed by atoms with Gasteiger partial charge in [0.05, 0.1) is 70.3 Å². The SMILES string of the molecule is CCCCCCCc1cc2ncc3ccc(cn3)c3cc(CCCCCCC)cc(ncc4ccc(cn4)c4cc(CCCCCCC)cc(ncc5ccc(cn5)c5cc(CCCCCCC)cc(ncc6ccc(cn6)c6cc(CCCCCCC)cc(ncc7ccc(cn7)c7cc(CCCCCCC)cc(ncc8ccc(cn8)c(c1)c2O)c7O)c6O)c5O)c4O)c3O. The number of rotatable bonds is 36. The van der Waals surface area contributed by atoms with Crippen LogP contribution in [-0.2, 0) is 38.5 Å². The van der Waals surface area contributed by atoms with Crippen molar-refractivity contribution >= 4 is 131 Å². The minimum absolute atomic E-state index is 0.00575. The number of aromatic hydroxyl groups is 6. The van der Waals surface area contributed by atoms with Crippen molar-refractivity contribution in [1.82, 2.24) is 59.8 Å². The van der Waals surface area contributed by atoms with Crippen molar-refractivity contribution in [3.05, 3.63) is 253 Å². The van der Waals surface area contributed by atoms with Crippen molar-refractivity contribution < 1.29 is 30.6 Å². The largest absolute Gasteiger partial charge is 0.505 e. The molecular weight excluding hydrogens is 1630 g/mol. The van der Waals surface area contributed by atoms with Gasteiger partial charge in [0.15, 0.2) is 0 Å². The number of phenols is 6. The number of hydrogen-bond donors (Lipinski definition) is 6. The molecule has 16 aromatic heterocycles. The molecule has 0 saturated carbocycles. The zero-order chi connectivity index (χ0) is 92.2. The van der Waals surface area contributed by atoms with Gasteiger partial charge >= 0.3 is 0 Å². The minimum Gasteiger partial charge on any atom is -0.505 e. The average molecular weight is 1770 g/mol. The first-order valence-electron chi connectivity index (χ1n) is 48.8. The van der Waals surface area contributed by atoms with Crippen LogP contribution < -0.4 is 0 Å². The van der Waals surface area contributed by atoms with E-state index in [4.69, 9.17) is 59.8 Å². The molecule has 0 atom stereocenters. The van der Waals surface area contributed by atoms with Crippen molar-refractivity contribution in [2.24, 2.45) is 0 Å². The summed E-state index contributed by atoms with van der Waals surface area (Å²) in [5, 5.41) is 81.1. The fourth-order valence-corrected chi connectivity index (χ4v) is 17.1. The highest BCUT2D eigenvalue weighted by Gasteiger charge is 2.15. The number of unbranched alkanes of at least 4 members (excludes halogenated alkanes) is 24. The average Bonchev–Trinajstić information content (AvgIpc) is 0.814. The first-order valence-corrected chi connectivity index (χ1v) is 48.8. The van der Waals surface area contributed by atoms with E-state index >= 15 is 0 Å². The van der Waals surface area contributed by atoms with Crippen LogP contribution in [0.2, 0.25) is 0 Å². The predicted molar refractivity (Wildman–Crippen MR) is 547 cm³/mol. The van der Waals surface area contributed by atoms with Gasteiger partial charge in [0.25, 0.3) is 0 Å². The van der Waals surface area contributed by atoms with Gasteiger partial charge in [-0.1, -0.05) is 232 Å². The fraction of sp³-hybridized carbons (Fsp3) is 0.368. The van der Waals surface area contributed by atoms with E-state index in [1.54, 1.807) is 74.4 Å². The van der Waals surface area contributed by atoms with E-state index in [9.17, 15) is 30.6 Å². The molecule has 24 bridgehead atoms. The smallest absolute Gasteiger partial charge is 0.149 e. The predicted octanol–water partition coefficient (Wildman–Crippen LogP) is 30.0. The molecule has 0 spiro atoms. The van der Waals surface area contributed by atoms with Crippen molar-refractivity contribution in [2.45, 2.75) is 273 Å². The maximum Gasteiger partial charge on any atom is 0.149 e. The van der Waals surface area contributed by atoms with Crippen LogP contribution in [0.15, 0.2) is 220 Å². The van der Waals surface area contributed by atoms with Crippen LogP contribution in [0.1, 0.15) is 268 Å². The summed E-state index contributed by atoms with van der Waals surface area (Å²) in [5.74, 6) is 0.0345. The second-order valence-corrected chi connectivity index (χ2v) is 35.4. The van der Waals surface area contributed by atoms with E-state index < -0.39 is 0 Å². The molecular formula is C114H132N12O6. The van der Waals surface area contributed by atoms with E-state index in [0.717, 1.165) is 226 Å². The number of aromatic nitrogens is 12. The Morgan fingerprint density at radius 3 is 0.432 bits per heavy atom. The van der Waals surface area contributed by atoms with Crippen LogP contribution in [0.25, 0.3) is 131 Å². The Hall–Kier alpha value is -13.0. The lowest BCUT2D eigenvalue weighted by Crippen LogP contribution is -1.89. The highest BCUT2D eigenvalue weighted by Crippen LogP contribution is 2.37. The third-order valence-corrected chi connectivity index (χ3v) is 24.9. The summed E-state index contributed by atoms with van der Waals surface area (Å²) in [5.41, 5.74) is 11.9. The molecule has 0 radical (unpaired) electrons. The molecule has 0 amide bonds. The standard InChI is InChI=1S/C114H132N12O6/c1-7-13-19-25-31-37-79-55-97-85-43-49-92(115-67-85)74-122-104-62-81(39-33-27-21-15-9-3)57-99(111(104)129)87-45-51-94(117-69-87)76-124-106-64-83(41-35-29-23-17-11-5)59-101(113(106)131)89-47-53-96(119-71-89)78-126-108-66-84(42-36-30-24-18-12-6)60-102(114(108)132)90-48-54-95(120-72-90)77-125-107-65-82(40-34-28-22-16-10-4)58-100(112(107)130)88-46-52-93(118-70-88)75-123-105-63-80(38-32-26-20-14-8-2)56-98(110(105)128)86-44-50-91(116-68-86)73-121-103(61-79)109(97)127/h43-78,127-132H,7-42H2,1-6H3. The van der Waals surface area contributed by atoms with Crippen LogP contribution in [0.3, 0.4) is 0 Å². The molecule has 132 heavy (non-hydrogen) atoms. The molecule has 0 saturated heterocycles. The number of benzene rings is 6. The molecule has 18 heteroatoms. The van der Waals surface area contributed by atoms with Crippen LogP contribution in [0.5, 0.6) is 34.5 Å². The highest BCUT2D eigenvalue weighted by molar-refractivity contribution is 5.98. The Labute approximate surface area is 777 Å². The minimum atomic E-state index is 0.00575. The Bertz CT molecular complexity index is 5620. The van der Waals surface area contributed by atoms with Gasteiger partial charge in [-0.25, -0.2) is 0 Å². The topological polar surface area (TPSA) is 276 Å². The second kappa shape index (κ2) is 50.4. The molecule has 18 nitrogen and oxygen atoms in total. The summed E-state index contributed by atoms with van der Waals surface area (Å²) in [6.07, 6.45) is 58.3. The van der Waals surface area contributed by atoms with Gasteiger partial charge in [-0.05, 0) is 220 Å². The first-order chi connectivity index (χ1) is 64.7. The van der Waals surface area contributed by atoms with E-state index in [0.29, 0.717) is 131 Å². The molecule has 16 heterocycles. The molecule has 0 fully saturated rings. The second-order valence-electron chi connectivity index (χ2n) is 35.4. The molecule has 6 N–H and O–H groups in total. The van der Waals surface area contributed by atoms with Gasteiger partial charge in [-0.15, -0.1) is 0 Å². The summed E-state index contributed by atoms with van der Waals surface area (Å²) in [6, 6.07) is 46.6. The van der Waals surface area contributed by atoms with Crippen molar-refractivity contribution in [1.29, 1.82) is 0 Å². The van der Waals surface area contributed by atoms with E-state index in [2.05, 4.69) is 41.5 Å². The summed E-state index contributed by atoms with van der Waals surface area (Å²) >= 11 is 0. The van der Waals surface area contributed by atoms with Gasteiger partial charge in [-0.2, -0.15) is 0 Å². The molecule has 0 aliphatic rings. The maximum atomic E-state index is 12.2. The maximum absolute atomic E-state index is 12.2. The van der Waals surface area contributed by atoms with Crippen LogP contribution in [0.4, 0.5) is 0 Å². The van der Waals surface area contributed by atoms with Gasteiger partial charge in [0.1, 0.15) is 67.6 Å². The summed E-state index contributed by atoms with van der Waals surface area (Å²) in [6.45, 7) is 13.3. The Balaban J connectivity index is 0.969. The van der Waals surface area contributed by atoms with Crippen molar-refractivity contribution in [3.63, 3.8) is 0 Å².